The zero-order valence-electron chi connectivity index (χ0n) is 11.6. The second-order valence-corrected chi connectivity index (χ2v) is 5.37. The van der Waals surface area contributed by atoms with Crippen LogP contribution < -0.4 is 10.6 Å². The van der Waals surface area contributed by atoms with Gasteiger partial charge in [0.25, 0.3) is 5.91 Å². The molecule has 1 unspecified atom stereocenters. The normalized spacial score (nSPS) is 11.3. The molecule has 2 amide bonds. The third-order valence-electron chi connectivity index (χ3n) is 2.64. The van der Waals surface area contributed by atoms with Gasteiger partial charge in [-0.2, -0.15) is 17.0 Å². The van der Waals surface area contributed by atoms with E-state index in [1.807, 2.05) is 18.4 Å². The van der Waals surface area contributed by atoms with E-state index in [-0.39, 0.29) is 18.4 Å². The van der Waals surface area contributed by atoms with Crippen molar-refractivity contribution in [2.45, 2.75) is 11.9 Å². The predicted octanol–water partition coefficient (Wildman–Crippen LogP) is 1.53. The van der Waals surface area contributed by atoms with Crippen LogP contribution in [0.4, 0.5) is 0 Å². The van der Waals surface area contributed by atoms with E-state index in [1.54, 1.807) is 18.2 Å². The van der Waals surface area contributed by atoms with E-state index in [9.17, 15) is 9.59 Å². The molecule has 1 aromatic carbocycles. The van der Waals surface area contributed by atoms with Crippen molar-refractivity contribution >= 4 is 35.2 Å². The summed E-state index contributed by atoms with van der Waals surface area (Å²) in [6, 6.07) is 8.06. The summed E-state index contributed by atoms with van der Waals surface area (Å²) in [6.45, 7) is -0.0820. The first-order valence-electron chi connectivity index (χ1n) is 6.21. The lowest BCUT2D eigenvalue weighted by Gasteiger charge is -2.16. The topological polar surface area (TPSA) is 82.0 Å². The van der Waals surface area contributed by atoms with E-state index >= 15 is 0 Å². The first kappa shape index (κ1) is 17.3. The fraction of sp³-hybridized carbons (Fsp3) is 0.357. The minimum Gasteiger partial charge on any atom is -0.341 e. The summed E-state index contributed by atoms with van der Waals surface area (Å²) in [5, 5.41) is 13.6. The largest absolute Gasteiger partial charge is 0.341 e. The van der Waals surface area contributed by atoms with E-state index in [4.69, 9.17) is 16.9 Å². The zero-order valence-corrected chi connectivity index (χ0v) is 13.1. The molecule has 0 radical (unpaired) electrons. The lowest BCUT2D eigenvalue weighted by atomic mass is 10.1. The van der Waals surface area contributed by atoms with Crippen molar-refractivity contribution in [3.05, 3.63) is 35.4 Å². The lowest BCUT2D eigenvalue weighted by Crippen LogP contribution is -2.48. The van der Waals surface area contributed by atoms with Crippen LogP contribution in [0, 0.1) is 11.3 Å². The number of carbonyl (C=O) groups excluding carboxylic acids is 2. The van der Waals surface area contributed by atoms with Crippen molar-refractivity contribution in [2.24, 2.45) is 0 Å². The number of halogens is 1. The Bertz CT molecular complexity index is 545. The minimum atomic E-state index is -0.680. The Morgan fingerprint density at radius 2 is 2.24 bits per heavy atom. The first-order chi connectivity index (χ1) is 10.1. The highest BCUT2D eigenvalue weighted by Crippen LogP contribution is 2.08. The maximum absolute atomic E-state index is 12.2. The first-order valence-corrected chi connectivity index (χ1v) is 8.14. The molecular weight excluding hydrogens is 310 g/mol. The molecule has 0 saturated carbocycles. The molecular formula is C14H16ClN3O2S. The van der Waals surface area contributed by atoms with Crippen LogP contribution in [0.3, 0.4) is 0 Å². The Kier molecular flexibility index (Phi) is 7.65. The number of thioether (sulfide) groups is 1. The van der Waals surface area contributed by atoms with Gasteiger partial charge < -0.3 is 10.6 Å². The number of rotatable bonds is 7. The molecule has 0 fully saturated rings. The molecule has 1 atom stereocenters. The Hall–Kier alpha value is -1.71. The van der Waals surface area contributed by atoms with Crippen molar-refractivity contribution in [2.75, 3.05) is 18.6 Å². The van der Waals surface area contributed by atoms with Gasteiger partial charge in [0, 0.05) is 17.2 Å². The number of nitrogens with one attached hydrogen (secondary N) is 2. The molecule has 0 spiro atoms. The Balaban J connectivity index is 2.75. The molecule has 0 aliphatic heterocycles. The molecule has 5 nitrogen and oxygen atoms in total. The molecule has 0 saturated heterocycles. The number of hydrogen-bond donors (Lipinski definition) is 2. The molecule has 0 heterocycles. The van der Waals surface area contributed by atoms with Crippen molar-refractivity contribution in [1.82, 2.24) is 10.6 Å². The Labute approximate surface area is 133 Å². The van der Waals surface area contributed by atoms with Gasteiger partial charge in [-0.1, -0.05) is 12.1 Å². The summed E-state index contributed by atoms with van der Waals surface area (Å²) in [7, 11) is 0. The Morgan fingerprint density at radius 1 is 1.48 bits per heavy atom. The third kappa shape index (κ3) is 5.66. The van der Waals surface area contributed by atoms with Gasteiger partial charge in [-0.3, -0.25) is 9.59 Å². The highest BCUT2D eigenvalue weighted by molar-refractivity contribution is 7.98. The molecule has 112 valence electrons. The van der Waals surface area contributed by atoms with Gasteiger partial charge >= 0.3 is 0 Å². The highest BCUT2D eigenvalue weighted by Gasteiger charge is 2.20. The van der Waals surface area contributed by atoms with E-state index in [0.717, 1.165) is 5.56 Å². The van der Waals surface area contributed by atoms with E-state index in [1.165, 1.54) is 11.8 Å². The number of carbonyl (C=O) groups is 2. The molecule has 7 heteroatoms. The molecule has 21 heavy (non-hydrogen) atoms. The van der Waals surface area contributed by atoms with Gasteiger partial charge in [0.1, 0.15) is 12.6 Å². The van der Waals surface area contributed by atoms with E-state index in [0.29, 0.717) is 17.2 Å². The maximum atomic E-state index is 12.2. The molecule has 0 aromatic heterocycles. The summed E-state index contributed by atoms with van der Waals surface area (Å²) in [6.07, 6.45) is 1.84. The van der Waals surface area contributed by atoms with Crippen molar-refractivity contribution in [1.29, 1.82) is 5.26 Å². The van der Waals surface area contributed by atoms with Crippen LogP contribution in [0.1, 0.15) is 15.9 Å². The molecule has 1 aromatic rings. The van der Waals surface area contributed by atoms with Crippen LogP contribution in [0.2, 0.25) is 0 Å². The quantitative estimate of drug-likeness (QED) is 0.588. The smallest absolute Gasteiger partial charge is 0.251 e. The van der Waals surface area contributed by atoms with Gasteiger partial charge in [-0.05, 0) is 24.0 Å². The SMILES string of the molecule is CSCC(NC(=O)c1cccc(CCl)c1)C(=O)NCC#N. The van der Waals surface area contributed by atoms with E-state index in [2.05, 4.69) is 10.6 Å². The molecule has 1 rings (SSSR count). The van der Waals surface area contributed by atoms with Crippen molar-refractivity contribution in [3.63, 3.8) is 0 Å². The zero-order chi connectivity index (χ0) is 15.7. The standard InChI is InChI=1S/C14H16ClN3O2S/c1-21-9-12(14(20)17-6-5-16)18-13(19)11-4-2-3-10(7-11)8-15/h2-4,7,12H,6,8-9H2,1H3,(H,17,20)(H,18,19). The summed E-state index contributed by atoms with van der Waals surface area (Å²) in [4.78, 5) is 24.0. The van der Waals surface area contributed by atoms with Crippen LogP contribution in [-0.2, 0) is 10.7 Å². The second kappa shape index (κ2) is 9.27. The van der Waals surface area contributed by atoms with Crippen molar-refractivity contribution in [3.8, 4) is 6.07 Å². The fourth-order valence-corrected chi connectivity index (χ4v) is 2.37. The maximum Gasteiger partial charge on any atom is 0.251 e. The van der Waals surface area contributed by atoms with Gasteiger partial charge in [0.05, 0.1) is 6.07 Å². The molecule has 0 aliphatic carbocycles. The average Bonchev–Trinajstić information content (AvgIpc) is 2.52. The number of nitrogens with zero attached hydrogens (tertiary/aromatic N) is 1. The summed E-state index contributed by atoms with van der Waals surface area (Å²) in [5.74, 6) is 0.0387. The number of benzene rings is 1. The number of hydrogen-bond acceptors (Lipinski definition) is 4. The van der Waals surface area contributed by atoms with E-state index < -0.39 is 6.04 Å². The van der Waals surface area contributed by atoms with Gasteiger partial charge in [0.2, 0.25) is 5.91 Å². The molecule has 2 N–H and O–H groups in total. The predicted molar refractivity (Wildman–Crippen MR) is 84.3 cm³/mol. The number of amides is 2. The second-order valence-electron chi connectivity index (χ2n) is 4.19. The monoisotopic (exact) mass is 325 g/mol. The summed E-state index contributed by atoms with van der Waals surface area (Å²) >= 11 is 7.17. The van der Waals surface area contributed by atoms with Crippen molar-refractivity contribution < 1.29 is 9.59 Å². The lowest BCUT2D eigenvalue weighted by molar-refractivity contribution is -0.122. The third-order valence-corrected chi connectivity index (χ3v) is 3.62. The van der Waals surface area contributed by atoms with Crippen LogP contribution >= 0.6 is 23.4 Å². The summed E-state index contributed by atoms with van der Waals surface area (Å²) < 4.78 is 0. The van der Waals surface area contributed by atoms with Gasteiger partial charge in [0.15, 0.2) is 0 Å². The highest BCUT2D eigenvalue weighted by atomic mass is 35.5. The summed E-state index contributed by atoms with van der Waals surface area (Å²) in [5.41, 5.74) is 1.28. The van der Waals surface area contributed by atoms with Gasteiger partial charge in [-0.25, -0.2) is 0 Å². The van der Waals surface area contributed by atoms with Crippen LogP contribution in [0.25, 0.3) is 0 Å². The van der Waals surface area contributed by atoms with Crippen LogP contribution in [-0.4, -0.2) is 36.4 Å². The van der Waals surface area contributed by atoms with Crippen LogP contribution in [0.15, 0.2) is 24.3 Å². The average molecular weight is 326 g/mol. The number of alkyl halides is 1. The molecule has 0 bridgehead atoms. The van der Waals surface area contributed by atoms with Crippen LogP contribution in [0.5, 0.6) is 0 Å². The molecule has 0 aliphatic rings. The fourth-order valence-electron chi connectivity index (χ4n) is 1.64. The minimum absolute atomic E-state index is 0.0820. The number of nitriles is 1. The van der Waals surface area contributed by atoms with Gasteiger partial charge in [-0.15, -0.1) is 11.6 Å². The Morgan fingerprint density at radius 3 is 2.86 bits per heavy atom.